The van der Waals surface area contributed by atoms with Gasteiger partial charge in [0, 0.05) is 16.1 Å². The smallest absolute Gasteiger partial charge is 0.128 e. The van der Waals surface area contributed by atoms with E-state index in [9.17, 15) is 4.39 Å². The fourth-order valence-electron chi connectivity index (χ4n) is 2.28. The van der Waals surface area contributed by atoms with E-state index in [0.29, 0.717) is 5.92 Å². The first-order valence-corrected chi connectivity index (χ1v) is 6.70. The summed E-state index contributed by atoms with van der Waals surface area (Å²) >= 11 is 3.41. The molecule has 2 rings (SSSR count). The lowest BCUT2D eigenvalue weighted by molar-refractivity contribution is 0.229. The van der Waals surface area contributed by atoms with Crippen molar-refractivity contribution in [2.45, 2.75) is 32.2 Å². The quantitative estimate of drug-likeness (QED) is 0.881. The largest absolute Gasteiger partial charge is 0.310 e. The van der Waals surface area contributed by atoms with Crippen LogP contribution in [0.4, 0.5) is 4.39 Å². The van der Waals surface area contributed by atoms with Crippen LogP contribution < -0.4 is 5.32 Å². The van der Waals surface area contributed by atoms with Crippen molar-refractivity contribution in [3.05, 3.63) is 34.1 Å². The number of rotatable bonds is 4. The topological polar surface area (TPSA) is 12.0 Å². The minimum atomic E-state index is -0.0963. The number of nitrogens with one attached hydrogen (secondary N) is 1. The number of hydrogen-bond acceptors (Lipinski definition) is 1. The molecule has 3 heteroatoms. The Morgan fingerprint density at radius 1 is 1.50 bits per heavy atom. The van der Waals surface area contributed by atoms with Crippen LogP contribution in [-0.4, -0.2) is 6.54 Å². The Labute approximate surface area is 105 Å². The van der Waals surface area contributed by atoms with Crippen molar-refractivity contribution < 1.29 is 4.39 Å². The van der Waals surface area contributed by atoms with E-state index in [1.165, 1.54) is 19.3 Å². The summed E-state index contributed by atoms with van der Waals surface area (Å²) in [4.78, 5) is 0. The Morgan fingerprint density at radius 3 is 2.81 bits per heavy atom. The predicted molar refractivity (Wildman–Crippen MR) is 67.9 cm³/mol. The normalized spacial score (nSPS) is 18.2. The molecular weight excluding hydrogens is 269 g/mol. The van der Waals surface area contributed by atoms with Gasteiger partial charge in [0.15, 0.2) is 0 Å². The molecule has 0 saturated heterocycles. The average molecular weight is 286 g/mol. The molecule has 0 bridgehead atoms. The summed E-state index contributed by atoms with van der Waals surface area (Å²) in [5, 5.41) is 3.41. The Kier molecular flexibility index (Phi) is 3.98. The summed E-state index contributed by atoms with van der Waals surface area (Å²) in [5.74, 6) is 0.504. The number of halogens is 2. The van der Waals surface area contributed by atoms with E-state index in [4.69, 9.17) is 0 Å². The fraction of sp³-hybridized carbons (Fsp3) is 0.538. The average Bonchev–Trinajstić information content (AvgIpc) is 2.18. The van der Waals surface area contributed by atoms with Crippen LogP contribution in [0.1, 0.15) is 37.8 Å². The van der Waals surface area contributed by atoms with Gasteiger partial charge < -0.3 is 5.32 Å². The van der Waals surface area contributed by atoms with Gasteiger partial charge in [-0.25, -0.2) is 4.39 Å². The second-order valence-corrected chi connectivity index (χ2v) is 5.31. The molecule has 1 aromatic carbocycles. The Balaban J connectivity index is 2.25. The predicted octanol–water partition coefficient (Wildman–Crippen LogP) is 4.04. The van der Waals surface area contributed by atoms with Crippen molar-refractivity contribution in [3.8, 4) is 0 Å². The first-order chi connectivity index (χ1) is 7.72. The van der Waals surface area contributed by atoms with Crippen molar-refractivity contribution in [2.24, 2.45) is 5.92 Å². The van der Waals surface area contributed by atoms with Gasteiger partial charge >= 0.3 is 0 Å². The van der Waals surface area contributed by atoms with Gasteiger partial charge in [-0.1, -0.05) is 29.3 Å². The molecule has 0 aliphatic heterocycles. The van der Waals surface area contributed by atoms with E-state index >= 15 is 0 Å². The zero-order valence-electron chi connectivity index (χ0n) is 9.47. The summed E-state index contributed by atoms with van der Waals surface area (Å²) in [5.41, 5.74) is 0.806. The van der Waals surface area contributed by atoms with Gasteiger partial charge in [0.25, 0.3) is 0 Å². The Morgan fingerprint density at radius 2 is 2.25 bits per heavy atom. The highest BCUT2D eigenvalue weighted by Crippen LogP contribution is 2.39. The third kappa shape index (κ3) is 2.46. The molecular formula is C13H17BrFN. The summed E-state index contributed by atoms with van der Waals surface area (Å²) in [6.07, 6.45) is 3.70. The first kappa shape index (κ1) is 12.1. The third-order valence-corrected chi connectivity index (χ3v) is 3.83. The second kappa shape index (κ2) is 5.28. The molecule has 1 aromatic rings. The van der Waals surface area contributed by atoms with Crippen molar-refractivity contribution >= 4 is 15.9 Å². The zero-order valence-corrected chi connectivity index (χ0v) is 11.1. The number of benzene rings is 1. The molecule has 0 radical (unpaired) electrons. The molecule has 1 fully saturated rings. The summed E-state index contributed by atoms with van der Waals surface area (Å²) < 4.78 is 14.8. The molecule has 1 atom stereocenters. The first-order valence-electron chi connectivity index (χ1n) is 5.90. The molecule has 16 heavy (non-hydrogen) atoms. The lowest BCUT2D eigenvalue weighted by Crippen LogP contribution is -2.32. The standard InChI is InChI=1S/C13H17BrFN/c1-2-16-13(9-4-3-5-9)11-8-10(14)6-7-12(11)15/h6-9,13,16H,2-5H2,1H3. The lowest BCUT2D eigenvalue weighted by Gasteiger charge is -2.34. The SMILES string of the molecule is CCNC(c1cc(Br)ccc1F)C1CCC1. The summed E-state index contributed by atoms with van der Waals surface area (Å²) in [7, 11) is 0. The van der Waals surface area contributed by atoms with E-state index in [0.717, 1.165) is 16.6 Å². The maximum atomic E-state index is 13.8. The van der Waals surface area contributed by atoms with Crippen molar-refractivity contribution in [1.29, 1.82) is 0 Å². The fourth-order valence-corrected chi connectivity index (χ4v) is 2.66. The van der Waals surface area contributed by atoms with Crippen LogP contribution in [0.2, 0.25) is 0 Å². The molecule has 88 valence electrons. The maximum Gasteiger partial charge on any atom is 0.128 e. The van der Waals surface area contributed by atoms with Gasteiger partial charge in [0.05, 0.1) is 0 Å². The molecule has 1 unspecified atom stereocenters. The highest BCUT2D eigenvalue weighted by atomic mass is 79.9. The van der Waals surface area contributed by atoms with Crippen LogP contribution in [0.25, 0.3) is 0 Å². The van der Waals surface area contributed by atoms with Crippen LogP contribution in [-0.2, 0) is 0 Å². The van der Waals surface area contributed by atoms with E-state index in [-0.39, 0.29) is 11.9 Å². The minimum Gasteiger partial charge on any atom is -0.310 e. The molecule has 1 nitrogen and oxygen atoms in total. The molecule has 0 heterocycles. The molecule has 1 aliphatic carbocycles. The zero-order chi connectivity index (χ0) is 11.5. The van der Waals surface area contributed by atoms with Crippen LogP contribution in [0.3, 0.4) is 0 Å². The van der Waals surface area contributed by atoms with Crippen molar-refractivity contribution in [1.82, 2.24) is 5.32 Å². The van der Waals surface area contributed by atoms with Crippen LogP contribution in [0.5, 0.6) is 0 Å². The highest BCUT2D eigenvalue weighted by molar-refractivity contribution is 9.10. The van der Waals surface area contributed by atoms with Gasteiger partial charge in [-0.3, -0.25) is 0 Å². The van der Waals surface area contributed by atoms with Crippen molar-refractivity contribution in [2.75, 3.05) is 6.54 Å². The van der Waals surface area contributed by atoms with Gasteiger partial charge in [-0.05, 0) is 43.5 Å². The van der Waals surface area contributed by atoms with Gasteiger partial charge in [0.2, 0.25) is 0 Å². The van der Waals surface area contributed by atoms with Gasteiger partial charge in [0.1, 0.15) is 5.82 Å². The lowest BCUT2D eigenvalue weighted by atomic mass is 9.77. The Hall–Kier alpha value is -0.410. The van der Waals surface area contributed by atoms with E-state index < -0.39 is 0 Å². The van der Waals surface area contributed by atoms with Gasteiger partial charge in [-0.15, -0.1) is 0 Å². The number of hydrogen-bond donors (Lipinski definition) is 1. The summed E-state index contributed by atoms with van der Waals surface area (Å²) in [6.45, 7) is 2.95. The molecule has 1 saturated carbocycles. The maximum absolute atomic E-state index is 13.8. The molecule has 0 amide bonds. The van der Waals surface area contributed by atoms with E-state index in [2.05, 4.69) is 28.2 Å². The molecule has 0 aromatic heterocycles. The Bertz CT molecular complexity index is 363. The van der Waals surface area contributed by atoms with Crippen LogP contribution >= 0.6 is 15.9 Å². The van der Waals surface area contributed by atoms with Crippen molar-refractivity contribution in [3.63, 3.8) is 0 Å². The summed E-state index contributed by atoms with van der Waals surface area (Å²) in [6, 6.07) is 5.38. The second-order valence-electron chi connectivity index (χ2n) is 4.39. The van der Waals surface area contributed by atoms with E-state index in [1.807, 2.05) is 6.07 Å². The monoisotopic (exact) mass is 285 g/mol. The van der Waals surface area contributed by atoms with Gasteiger partial charge in [-0.2, -0.15) is 0 Å². The third-order valence-electron chi connectivity index (χ3n) is 3.34. The van der Waals surface area contributed by atoms with E-state index in [1.54, 1.807) is 12.1 Å². The molecule has 1 aliphatic rings. The van der Waals surface area contributed by atoms with Crippen LogP contribution in [0.15, 0.2) is 22.7 Å². The minimum absolute atomic E-state index is 0.0963. The highest BCUT2D eigenvalue weighted by Gasteiger charge is 2.29. The molecule has 1 N–H and O–H groups in total. The van der Waals surface area contributed by atoms with Crippen LogP contribution in [0, 0.1) is 11.7 Å². The molecule has 0 spiro atoms.